The Morgan fingerprint density at radius 1 is 1.18 bits per heavy atom. The number of pyridine rings is 1. The molecule has 1 aromatic heterocycles. The fourth-order valence-electron chi connectivity index (χ4n) is 5.41. The van der Waals surface area contributed by atoms with Gasteiger partial charge in [0.25, 0.3) is 5.91 Å². The second-order valence-electron chi connectivity index (χ2n) is 9.36. The van der Waals surface area contributed by atoms with E-state index in [2.05, 4.69) is 46.4 Å². The highest BCUT2D eigenvalue weighted by Gasteiger charge is 2.27. The van der Waals surface area contributed by atoms with Gasteiger partial charge in [0.05, 0.1) is 13.2 Å². The van der Waals surface area contributed by atoms with Gasteiger partial charge in [0.1, 0.15) is 0 Å². The van der Waals surface area contributed by atoms with Gasteiger partial charge in [-0.1, -0.05) is 18.2 Å². The number of hydrogen-bond acceptors (Lipinski definition) is 5. The number of nitrogens with zero attached hydrogens (tertiary/aromatic N) is 2. The van der Waals surface area contributed by atoms with Crippen molar-refractivity contribution in [2.45, 2.75) is 77.5 Å². The molecule has 2 heterocycles. The van der Waals surface area contributed by atoms with Crippen LogP contribution in [0.5, 0.6) is 5.88 Å². The standard InChI is InChI=1S/C28H37N3O3/c1-4-31(21-13-15-22(32)16-14-21)26-12-8-11-24-23(26)10-7-5-6-9-20-17-19(2)30-28(34-3)25(20)18-29-27(24)33/h5,7-8,11-12,17,21-22,32H,4,6,9-10,13-16,18H2,1-3H3,(H,29,33)/b7-5+. The van der Waals surface area contributed by atoms with Gasteiger partial charge in [-0.15, -0.1) is 0 Å². The fraction of sp³-hybridized carbons (Fsp3) is 0.500. The average Bonchev–Trinajstić information content (AvgIpc) is 2.84. The van der Waals surface area contributed by atoms with Crippen molar-refractivity contribution in [2.75, 3.05) is 18.6 Å². The Hall–Kier alpha value is -2.86. The third kappa shape index (κ3) is 5.27. The third-order valence-electron chi connectivity index (χ3n) is 7.15. The van der Waals surface area contributed by atoms with Crippen LogP contribution in [0.1, 0.15) is 71.8 Å². The van der Waals surface area contributed by atoms with E-state index in [1.54, 1.807) is 7.11 Å². The quantitative estimate of drug-likeness (QED) is 0.653. The molecular formula is C28H37N3O3. The second kappa shape index (κ2) is 11.0. The number of rotatable bonds is 4. The molecule has 1 aliphatic heterocycles. The molecule has 1 fully saturated rings. The first-order valence-electron chi connectivity index (χ1n) is 12.5. The van der Waals surface area contributed by atoms with E-state index in [-0.39, 0.29) is 12.0 Å². The molecule has 0 atom stereocenters. The zero-order valence-electron chi connectivity index (χ0n) is 20.6. The van der Waals surface area contributed by atoms with Crippen molar-refractivity contribution in [2.24, 2.45) is 0 Å². The van der Waals surface area contributed by atoms with Crippen molar-refractivity contribution in [3.05, 3.63) is 64.4 Å². The minimum Gasteiger partial charge on any atom is -0.481 e. The number of carbonyl (C=O) groups is 1. The Balaban J connectivity index is 1.68. The molecule has 1 amide bonds. The Kier molecular flexibility index (Phi) is 7.88. The van der Waals surface area contributed by atoms with E-state index in [4.69, 9.17) is 4.74 Å². The normalized spacial score (nSPS) is 21.8. The van der Waals surface area contributed by atoms with Crippen molar-refractivity contribution in [3.63, 3.8) is 0 Å². The predicted octanol–water partition coefficient (Wildman–Crippen LogP) is 4.50. The van der Waals surface area contributed by atoms with E-state index in [0.717, 1.165) is 79.6 Å². The van der Waals surface area contributed by atoms with Crippen LogP contribution in [0.4, 0.5) is 5.69 Å². The first-order chi connectivity index (χ1) is 16.5. The molecule has 0 saturated heterocycles. The van der Waals surface area contributed by atoms with Crippen LogP contribution in [0.15, 0.2) is 36.4 Å². The molecule has 1 aromatic carbocycles. The second-order valence-corrected chi connectivity index (χ2v) is 9.36. The molecule has 4 rings (SSSR count). The molecule has 182 valence electrons. The van der Waals surface area contributed by atoms with E-state index in [1.807, 2.05) is 19.1 Å². The minimum atomic E-state index is -0.182. The Morgan fingerprint density at radius 2 is 1.97 bits per heavy atom. The number of benzene rings is 1. The molecule has 2 N–H and O–H groups in total. The molecule has 1 saturated carbocycles. The highest BCUT2D eigenvalue weighted by molar-refractivity contribution is 5.97. The summed E-state index contributed by atoms with van der Waals surface area (Å²) in [6.07, 6.45) is 10.4. The maximum atomic E-state index is 13.4. The van der Waals surface area contributed by atoms with E-state index < -0.39 is 0 Å². The van der Waals surface area contributed by atoms with Crippen molar-refractivity contribution in [1.82, 2.24) is 10.3 Å². The molecule has 0 unspecified atom stereocenters. The molecule has 6 heteroatoms. The lowest BCUT2D eigenvalue weighted by molar-refractivity contribution is 0.0949. The van der Waals surface area contributed by atoms with Crippen LogP contribution in [0, 0.1) is 6.92 Å². The number of methoxy groups -OCH3 is 1. The number of aromatic nitrogens is 1. The molecule has 0 bridgehead atoms. The monoisotopic (exact) mass is 463 g/mol. The predicted molar refractivity (Wildman–Crippen MR) is 136 cm³/mol. The SMILES string of the molecule is CCN(c1cccc2c1C/C=C/CCc1cc(C)nc(OC)c1CNC2=O)C1CCC(O)CC1. The summed E-state index contributed by atoms with van der Waals surface area (Å²) in [5.74, 6) is 0.511. The Labute approximate surface area is 203 Å². The maximum Gasteiger partial charge on any atom is 0.251 e. The van der Waals surface area contributed by atoms with Crippen LogP contribution in [-0.4, -0.2) is 41.8 Å². The van der Waals surface area contributed by atoms with Gasteiger partial charge in [-0.3, -0.25) is 4.79 Å². The Bertz CT molecular complexity index is 1040. The summed E-state index contributed by atoms with van der Waals surface area (Å²) in [6.45, 7) is 5.40. The molecule has 2 aliphatic rings. The number of ether oxygens (including phenoxy) is 1. The van der Waals surface area contributed by atoms with Gasteiger partial charge in [0, 0.05) is 41.6 Å². The molecule has 1 aliphatic carbocycles. The van der Waals surface area contributed by atoms with Crippen molar-refractivity contribution in [3.8, 4) is 5.88 Å². The fourth-order valence-corrected chi connectivity index (χ4v) is 5.41. The van der Waals surface area contributed by atoms with Crippen LogP contribution in [0.25, 0.3) is 0 Å². The number of hydrogen-bond donors (Lipinski definition) is 2. The van der Waals surface area contributed by atoms with Crippen LogP contribution in [-0.2, 0) is 19.4 Å². The Morgan fingerprint density at radius 3 is 2.71 bits per heavy atom. The summed E-state index contributed by atoms with van der Waals surface area (Å²) in [5, 5.41) is 13.1. The van der Waals surface area contributed by atoms with Gasteiger partial charge in [0.2, 0.25) is 5.88 Å². The summed E-state index contributed by atoms with van der Waals surface area (Å²) in [5.41, 5.74) is 5.96. The minimum absolute atomic E-state index is 0.0745. The highest BCUT2D eigenvalue weighted by atomic mass is 16.5. The van der Waals surface area contributed by atoms with Crippen molar-refractivity contribution < 1.29 is 14.6 Å². The number of fused-ring (bicyclic) bond motifs is 2. The van der Waals surface area contributed by atoms with E-state index >= 15 is 0 Å². The first kappa shape index (κ1) is 24.3. The molecule has 6 nitrogen and oxygen atoms in total. The van der Waals surface area contributed by atoms with Crippen LogP contribution in [0.3, 0.4) is 0 Å². The van der Waals surface area contributed by atoms with Crippen molar-refractivity contribution >= 4 is 11.6 Å². The molecule has 0 spiro atoms. The molecular weight excluding hydrogens is 426 g/mol. The van der Waals surface area contributed by atoms with E-state index in [0.29, 0.717) is 18.5 Å². The van der Waals surface area contributed by atoms with E-state index in [9.17, 15) is 9.90 Å². The largest absolute Gasteiger partial charge is 0.481 e. The summed E-state index contributed by atoms with van der Waals surface area (Å²) in [4.78, 5) is 20.4. The number of aliphatic hydroxyl groups excluding tert-OH is 1. The lowest BCUT2D eigenvalue weighted by Gasteiger charge is -2.38. The zero-order chi connectivity index (χ0) is 24.1. The van der Waals surface area contributed by atoms with E-state index in [1.165, 1.54) is 5.56 Å². The number of carbonyl (C=O) groups excluding carboxylic acids is 1. The smallest absolute Gasteiger partial charge is 0.251 e. The van der Waals surface area contributed by atoms with Crippen molar-refractivity contribution in [1.29, 1.82) is 0 Å². The summed E-state index contributed by atoms with van der Waals surface area (Å²) < 4.78 is 5.56. The first-order valence-corrected chi connectivity index (χ1v) is 12.5. The van der Waals surface area contributed by atoms with Gasteiger partial charge < -0.3 is 20.1 Å². The lowest BCUT2D eigenvalue weighted by atomic mass is 9.90. The maximum absolute atomic E-state index is 13.4. The highest BCUT2D eigenvalue weighted by Crippen LogP contribution is 2.32. The van der Waals surface area contributed by atoms with Gasteiger partial charge in [-0.2, -0.15) is 0 Å². The van der Waals surface area contributed by atoms with Crippen LogP contribution >= 0.6 is 0 Å². The van der Waals surface area contributed by atoms with Crippen LogP contribution < -0.4 is 15.0 Å². The third-order valence-corrected chi connectivity index (χ3v) is 7.15. The van der Waals surface area contributed by atoms with Gasteiger partial charge in [-0.05, 0) is 88.1 Å². The van der Waals surface area contributed by atoms with Gasteiger partial charge in [0.15, 0.2) is 0 Å². The number of amides is 1. The lowest BCUT2D eigenvalue weighted by Crippen LogP contribution is -2.40. The molecule has 34 heavy (non-hydrogen) atoms. The molecule has 2 aromatic rings. The number of anilines is 1. The van der Waals surface area contributed by atoms with Gasteiger partial charge in [-0.25, -0.2) is 4.98 Å². The summed E-state index contributed by atoms with van der Waals surface area (Å²) in [7, 11) is 1.63. The number of nitrogens with one attached hydrogen (secondary N) is 1. The van der Waals surface area contributed by atoms with Gasteiger partial charge >= 0.3 is 0 Å². The molecule has 0 radical (unpaired) electrons. The topological polar surface area (TPSA) is 74.7 Å². The number of aryl methyl sites for hydroxylation is 2. The average molecular weight is 464 g/mol. The van der Waals surface area contributed by atoms with Crippen LogP contribution in [0.2, 0.25) is 0 Å². The summed E-state index contributed by atoms with van der Waals surface area (Å²) >= 11 is 0. The zero-order valence-corrected chi connectivity index (χ0v) is 20.6. The number of allylic oxidation sites excluding steroid dienone is 2. The number of aliphatic hydroxyl groups is 1. The summed E-state index contributed by atoms with van der Waals surface area (Å²) in [6, 6.07) is 8.54.